The highest BCUT2D eigenvalue weighted by molar-refractivity contribution is 5.92. The second kappa shape index (κ2) is 6.24. The number of carbonyl (C=O) groups is 1. The van der Waals surface area contributed by atoms with Gasteiger partial charge in [0.2, 0.25) is 0 Å². The summed E-state index contributed by atoms with van der Waals surface area (Å²) in [4.78, 5) is 11.8. The largest absolute Gasteiger partial charge is 0.507 e. The summed E-state index contributed by atoms with van der Waals surface area (Å²) in [5.41, 5.74) is 2.37. The molecule has 1 N–H and O–H groups in total. The van der Waals surface area contributed by atoms with Gasteiger partial charge >= 0.3 is 5.97 Å². The highest BCUT2D eigenvalue weighted by atomic mass is 16.5. The maximum Gasteiger partial charge on any atom is 0.342 e. The molecule has 0 amide bonds. The van der Waals surface area contributed by atoms with Crippen molar-refractivity contribution in [2.75, 3.05) is 0 Å². The maximum absolute atomic E-state index is 11.8. The maximum atomic E-state index is 11.8. The van der Waals surface area contributed by atoms with E-state index in [0.717, 1.165) is 5.56 Å². The molecule has 0 aliphatic carbocycles. The Balaban J connectivity index is 1.98. The lowest BCUT2D eigenvalue weighted by atomic mass is 10.0. The second-order valence-corrected chi connectivity index (χ2v) is 4.99. The number of hydrogen-bond acceptors (Lipinski definition) is 3. The van der Waals surface area contributed by atoms with Crippen molar-refractivity contribution in [1.29, 1.82) is 0 Å². The van der Waals surface area contributed by atoms with Crippen LogP contribution in [-0.2, 0) is 11.3 Å². The Hall–Kier alpha value is -2.29. The Kier molecular flexibility index (Phi) is 4.41. The molecule has 0 saturated heterocycles. The first-order valence-corrected chi connectivity index (χ1v) is 6.62. The molecule has 0 aliphatic heterocycles. The zero-order chi connectivity index (χ0) is 14.5. The van der Waals surface area contributed by atoms with Crippen LogP contribution in [0.15, 0.2) is 48.5 Å². The molecule has 0 atom stereocenters. The fraction of sp³-hybridized carbons (Fsp3) is 0.235. The first kappa shape index (κ1) is 14.1. The van der Waals surface area contributed by atoms with Gasteiger partial charge in [0.05, 0.1) is 0 Å². The molecule has 104 valence electrons. The van der Waals surface area contributed by atoms with Crippen molar-refractivity contribution >= 4 is 5.97 Å². The molecule has 2 rings (SSSR count). The SMILES string of the molecule is CC(C)c1ccc(COC(=O)c2ccccc2O)cc1. The minimum absolute atomic E-state index is 0.0624. The average molecular weight is 270 g/mol. The van der Waals surface area contributed by atoms with Gasteiger partial charge in [-0.1, -0.05) is 50.2 Å². The van der Waals surface area contributed by atoms with Crippen LogP contribution in [0.3, 0.4) is 0 Å². The van der Waals surface area contributed by atoms with E-state index in [-0.39, 0.29) is 17.9 Å². The third-order valence-corrected chi connectivity index (χ3v) is 3.14. The molecule has 0 heterocycles. The molecule has 0 spiro atoms. The second-order valence-electron chi connectivity index (χ2n) is 4.99. The van der Waals surface area contributed by atoms with Crippen LogP contribution in [0.1, 0.15) is 41.3 Å². The van der Waals surface area contributed by atoms with Gasteiger partial charge in [-0.05, 0) is 29.2 Å². The third kappa shape index (κ3) is 3.38. The zero-order valence-corrected chi connectivity index (χ0v) is 11.7. The van der Waals surface area contributed by atoms with Crippen LogP contribution in [0.2, 0.25) is 0 Å². The van der Waals surface area contributed by atoms with Gasteiger partial charge in [-0.25, -0.2) is 4.79 Å². The number of para-hydroxylation sites is 1. The molecule has 20 heavy (non-hydrogen) atoms. The summed E-state index contributed by atoms with van der Waals surface area (Å²) in [5.74, 6) is -0.100. The van der Waals surface area contributed by atoms with Crippen molar-refractivity contribution in [2.45, 2.75) is 26.4 Å². The molecule has 0 aromatic heterocycles. The third-order valence-electron chi connectivity index (χ3n) is 3.14. The van der Waals surface area contributed by atoms with Crippen molar-refractivity contribution in [1.82, 2.24) is 0 Å². The van der Waals surface area contributed by atoms with E-state index in [1.165, 1.54) is 11.6 Å². The normalized spacial score (nSPS) is 10.6. The monoisotopic (exact) mass is 270 g/mol. The van der Waals surface area contributed by atoms with Gasteiger partial charge in [-0.2, -0.15) is 0 Å². The summed E-state index contributed by atoms with van der Waals surface area (Å²) in [7, 11) is 0. The highest BCUT2D eigenvalue weighted by Crippen LogP contribution is 2.18. The van der Waals surface area contributed by atoms with Gasteiger partial charge in [0, 0.05) is 0 Å². The summed E-state index contributed by atoms with van der Waals surface area (Å²) in [6, 6.07) is 14.3. The van der Waals surface area contributed by atoms with Crippen molar-refractivity contribution in [2.24, 2.45) is 0 Å². The number of rotatable bonds is 4. The summed E-state index contributed by atoms with van der Waals surface area (Å²) in [6.45, 7) is 4.46. The Morgan fingerprint density at radius 1 is 1.10 bits per heavy atom. The standard InChI is InChI=1S/C17H18O3/c1-12(2)14-9-7-13(8-10-14)11-20-17(19)15-5-3-4-6-16(15)18/h3-10,12,18H,11H2,1-2H3. The van der Waals surface area contributed by atoms with Gasteiger partial charge in [0.25, 0.3) is 0 Å². The van der Waals surface area contributed by atoms with Crippen molar-refractivity contribution in [3.8, 4) is 5.75 Å². The van der Waals surface area contributed by atoms with Crippen LogP contribution in [0, 0.1) is 0 Å². The molecule has 0 bridgehead atoms. The van der Waals surface area contributed by atoms with E-state index in [1.807, 2.05) is 24.3 Å². The molecular formula is C17H18O3. The lowest BCUT2D eigenvalue weighted by Crippen LogP contribution is -2.05. The molecule has 2 aromatic carbocycles. The molecule has 0 saturated carbocycles. The minimum atomic E-state index is -0.518. The predicted molar refractivity (Wildman–Crippen MR) is 77.8 cm³/mol. The number of phenols is 1. The topological polar surface area (TPSA) is 46.5 Å². The first-order valence-electron chi connectivity index (χ1n) is 6.62. The van der Waals surface area contributed by atoms with Gasteiger partial charge in [0.1, 0.15) is 17.9 Å². The van der Waals surface area contributed by atoms with Gasteiger partial charge in [-0.15, -0.1) is 0 Å². The fourth-order valence-corrected chi connectivity index (χ4v) is 1.87. The summed E-state index contributed by atoms with van der Waals surface area (Å²) in [6.07, 6.45) is 0. The summed E-state index contributed by atoms with van der Waals surface area (Å²) in [5, 5.41) is 9.57. The van der Waals surface area contributed by atoms with Crippen molar-refractivity contribution in [3.05, 3.63) is 65.2 Å². The lowest BCUT2D eigenvalue weighted by Gasteiger charge is -2.08. The Labute approximate surface area is 118 Å². The lowest BCUT2D eigenvalue weighted by molar-refractivity contribution is 0.0469. The number of esters is 1. The van der Waals surface area contributed by atoms with E-state index in [1.54, 1.807) is 18.2 Å². The Bertz CT molecular complexity index is 585. The first-order chi connectivity index (χ1) is 9.58. The quantitative estimate of drug-likeness (QED) is 0.858. The van der Waals surface area contributed by atoms with E-state index >= 15 is 0 Å². The summed E-state index contributed by atoms with van der Waals surface area (Å²) < 4.78 is 5.20. The van der Waals surface area contributed by atoms with Crippen LogP contribution in [-0.4, -0.2) is 11.1 Å². The van der Waals surface area contributed by atoms with E-state index in [0.29, 0.717) is 5.92 Å². The van der Waals surface area contributed by atoms with Crippen molar-refractivity contribution in [3.63, 3.8) is 0 Å². The minimum Gasteiger partial charge on any atom is -0.507 e. The fourth-order valence-electron chi connectivity index (χ4n) is 1.87. The van der Waals surface area contributed by atoms with Crippen LogP contribution < -0.4 is 0 Å². The van der Waals surface area contributed by atoms with Gasteiger partial charge < -0.3 is 9.84 Å². The Morgan fingerprint density at radius 2 is 1.75 bits per heavy atom. The van der Waals surface area contributed by atoms with Gasteiger partial charge in [-0.3, -0.25) is 0 Å². The zero-order valence-electron chi connectivity index (χ0n) is 11.7. The summed E-state index contributed by atoms with van der Waals surface area (Å²) >= 11 is 0. The number of carbonyl (C=O) groups excluding carboxylic acids is 1. The number of benzene rings is 2. The van der Waals surface area contributed by atoms with E-state index in [4.69, 9.17) is 4.74 Å². The molecular weight excluding hydrogens is 252 g/mol. The van der Waals surface area contributed by atoms with Crippen LogP contribution in [0.25, 0.3) is 0 Å². The number of hydrogen-bond donors (Lipinski definition) is 1. The molecule has 0 aliphatic rings. The van der Waals surface area contributed by atoms with Crippen LogP contribution >= 0.6 is 0 Å². The Morgan fingerprint density at radius 3 is 2.35 bits per heavy atom. The highest BCUT2D eigenvalue weighted by Gasteiger charge is 2.11. The number of aromatic hydroxyl groups is 1. The van der Waals surface area contributed by atoms with Crippen LogP contribution in [0.5, 0.6) is 5.75 Å². The van der Waals surface area contributed by atoms with Crippen molar-refractivity contribution < 1.29 is 14.6 Å². The molecule has 3 heteroatoms. The molecule has 0 unspecified atom stereocenters. The molecule has 0 fully saturated rings. The van der Waals surface area contributed by atoms with E-state index < -0.39 is 5.97 Å². The average Bonchev–Trinajstić information content (AvgIpc) is 2.45. The predicted octanol–water partition coefficient (Wildman–Crippen LogP) is 3.87. The molecule has 2 aromatic rings. The molecule has 3 nitrogen and oxygen atoms in total. The van der Waals surface area contributed by atoms with Crippen LogP contribution in [0.4, 0.5) is 0 Å². The van der Waals surface area contributed by atoms with Gasteiger partial charge in [0.15, 0.2) is 0 Å². The number of phenolic OH excluding ortho intramolecular Hbond substituents is 1. The number of ether oxygens (including phenoxy) is 1. The molecule has 0 radical (unpaired) electrons. The van der Waals surface area contributed by atoms with E-state index in [2.05, 4.69) is 13.8 Å². The van der Waals surface area contributed by atoms with E-state index in [9.17, 15) is 9.90 Å². The smallest absolute Gasteiger partial charge is 0.342 e.